The second kappa shape index (κ2) is 4.26. The Balaban J connectivity index is 0.000000293. The highest BCUT2D eigenvalue weighted by molar-refractivity contribution is 7.78. The van der Waals surface area contributed by atoms with Gasteiger partial charge in [0.2, 0.25) is 5.95 Å². The number of anilines is 1. The number of fused-ring (bicyclic) bond motifs is 1. The minimum atomic E-state index is -0.301. The van der Waals surface area contributed by atoms with E-state index in [4.69, 9.17) is 11.1 Å². The quantitative estimate of drug-likeness (QED) is 0.357. The Labute approximate surface area is 82.9 Å². The Hall–Kier alpha value is -2.05. The highest BCUT2D eigenvalue weighted by Gasteiger charge is 2.01. The van der Waals surface area contributed by atoms with E-state index in [9.17, 15) is 4.79 Å². The molecule has 0 atom stereocenters. The topological polar surface area (TPSA) is 124 Å². The number of imidazole rings is 1. The largest absolute Gasteiger partial charge is 0.369 e. The Morgan fingerprint density at radius 1 is 1.64 bits per heavy atom. The van der Waals surface area contributed by atoms with Crippen molar-refractivity contribution < 1.29 is 0 Å². The lowest BCUT2D eigenvalue weighted by atomic mass is 10.5. The van der Waals surface area contributed by atoms with Crippen LogP contribution in [0.25, 0.3) is 11.2 Å². The fourth-order valence-corrected chi connectivity index (χ4v) is 0.860. The molecule has 5 N–H and O–H groups in total. The molecule has 8 heteroatoms. The number of nitrogens with two attached hydrogens (primary N) is 1. The summed E-state index contributed by atoms with van der Waals surface area (Å²) >= 11 is 3.81. The maximum absolute atomic E-state index is 11.0. The summed E-state index contributed by atoms with van der Waals surface area (Å²) in [5.74, 6) is 0.0783. The van der Waals surface area contributed by atoms with Crippen LogP contribution in [0.4, 0.5) is 5.95 Å². The first-order valence-corrected chi connectivity index (χ1v) is 3.82. The molecule has 0 spiro atoms. The van der Waals surface area contributed by atoms with Crippen molar-refractivity contribution in [2.45, 2.75) is 0 Å². The third-order valence-electron chi connectivity index (χ3n) is 1.31. The molecule has 0 bridgehead atoms. The van der Waals surface area contributed by atoms with Crippen LogP contribution in [0.3, 0.4) is 0 Å². The predicted octanol–water partition coefficient (Wildman–Crippen LogP) is -0.104. The van der Waals surface area contributed by atoms with Gasteiger partial charge in [0.05, 0.1) is 11.5 Å². The smallest absolute Gasteiger partial charge is 0.278 e. The van der Waals surface area contributed by atoms with Crippen LogP contribution in [0.15, 0.2) is 11.1 Å². The predicted molar refractivity (Wildman–Crippen MR) is 54.2 cm³/mol. The minimum Gasteiger partial charge on any atom is -0.369 e. The van der Waals surface area contributed by atoms with E-state index >= 15 is 0 Å². The number of nitrogens with one attached hydrogen (secondary N) is 3. The van der Waals surface area contributed by atoms with Gasteiger partial charge in [-0.2, -0.15) is 4.98 Å². The third-order valence-corrected chi connectivity index (χ3v) is 1.31. The van der Waals surface area contributed by atoms with Gasteiger partial charge in [-0.15, -0.1) is 0 Å². The number of aromatic nitrogens is 4. The number of thiocarbonyl (C=S) groups is 1. The average molecular weight is 210 g/mol. The van der Waals surface area contributed by atoms with E-state index in [0.29, 0.717) is 11.2 Å². The normalized spacial score (nSPS) is 8.86. The third kappa shape index (κ3) is 2.00. The maximum atomic E-state index is 11.0. The summed E-state index contributed by atoms with van der Waals surface area (Å²) < 4.78 is 0. The van der Waals surface area contributed by atoms with Crippen LogP contribution < -0.4 is 11.3 Å². The summed E-state index contributed by atoms with van der Waals surface area (Å²) in [4.78, 5) is 23.5. The Kier molecular flexibility index (Phi) is 3.05. The molecule has 0 saturated heterocycles. The van der Waals surface area contributed by atoms with Crippen molar-refractivity contribution in [1.82, 2.24) is 19.9 Å². The molecule has 0 amide bonds. The summed E-state index contributed by atoms with van der Waals surface area (Å²) in [6.07, 6.45) is 1.40. The van der Waals surface area contributed by atoms with Gasteiger partial charge in [0, 0.05) is 0 Å². The first-order chi connectivity index (χ1) is 6.69. The van der Waals surface area contributed by atoms with Crippen molar-refractivity contribution in [1.29, 1.82) is 5.41 Å². The molecular weight excluding hydrogens is 204 g/mol. The van der Waals surface area contributed by atoms with Gasteiger partial charge in [0.15, 0.2) is 11.2 Å². The molecule has 2 aromatic heterocycles. The number of nitrogens with zero attached hydrogens (tertiary/aromatic N) is 2. The Morgan fingerprint density at radius 2 is 2.29 bits per heavy atom. The van der Waals surface area contributed by atoms with Gasteiger partial charge in [-0.1, -0.05) is 0 Å². The SMILES string of the molecule is N=C=S.Nc1nc2nc[nH]c2c(=O)[nH]1. The van der Waals surface area contributed by atoms with Crippen LogP contribution in [0, 0.1) is 5.41 Å². The van der Waals surface area contributed by atoms with E-state index in [1.165, 1.54) is 6.33 Å². The average Bonchev–Trinajstić information content (AvgIpc) is 2.53. The number of nitrogen functional groups attached to an aromatic ring is 1. The van der Waals surface area contributed by atoms with E-state index in [1.807, 2.05) is 0 Å². The van der Waals surface area contributed by atoms with Gasteiger partial charge in [-0.05, 0) is 12.2 Å². The number of aromatic amines is 2. The van der Waals surface area contributed by atoms with E-state index in [2.05, 4.69) is 32.2 Å². The molecule has 7 nitrogen and oxygen atoms in total. The Morgan fingerprint density at radius 3 is 2.93 bits per heavy atom. The van der Waals surface area contributed by atoms with Crippen LogP contribution in [0.2, 0.25) is 0 Å². The van der Waals surface area contributed by atoms with Crippen molar-refractivity contribution in [2.24, 2.45) is 0 Å². The molecule has 2 rings (SSSR count). The highest BCUT2D eigenvalue weighted by atomic mass is 32.1. The van der Waals surface area contributed by atoms with Crippen LogP contribution in [-0.4, -0.2) is 25.1 Å². The van der Waals surface area contributed by atoms with Crippen molar-refractivity contribution >= 4 is 34.5 Å². The molecule has 0 unspecified atom stereocenters. The molecular formula is C6H6N6OS. The Bertz CT molecular complexity index is 522. The van der Waals surface area contributed by atoms with Gasteiger partial charge >= 0.3 is 0 Å². The van der Waals surface area contributed by atoms with E-state index < -0.39 is 0 Å². The van der Waals surface area contributed by atoms with Gasteiger partial charge < -0.3 is 10.7 Å². The standard InChI is InChI=1S/C5H5N5O.CHNS/c6-5-9-3-2(4(11)10-5)7-1-8-3;2-1-3/h1H,(H4,6,7,8,9,10,11);2H. The van der Waals surface area contributed by atoms with E-state index in [0.717, 1.165) is 0 Å². The summed E-state index contributed by atoms with van der Waals surface area (Å²) in [6, 6.07) is 0. The lowest BCUT2D eigenvalue weighted by Crippen LogP contribution is -2.10. The highest BCUT2D eigenvalue weighted by Crippen LogP contribution is 1.98. The van der Waals surface area contributed by atoms with Crippen LogP contribution >= 0.6 is 12.2 Å². The maximum Gasteiger partial charge on any atom is 0.278 e. The second-order valence-corrected chi connectivity index (χ2v) is 2.36. The summed E-state index contributed by atoms with van der Waals surface area (Å²) in [6.45, 7) is 0. The van der Waals surface area contributed by atoms with E-state index in [1.54, 1.807) is 5.16 Å². The molecule has 2 aromatic rings. The van der Waals surface area contributed by atoms with Gasteiger partial charge in [-0.3, -0.25) is 9.78 Å². The lowest BCUT2D eigenvalue weighted by Gasteiger charge is -1.89. The van der Waals surface area contributed by atoms with Crippen LogP contribution in [0.1, 0.15) is 0 Å². The second-order valence-electron chi connectivity index (χ2n) is 2.15. The zero-order chi connectivity index (χ0) is 10.6. The van der Waals surface area contributed by atoms with Crippen molar-refractivity contribution in [3.05, 3.63) is 16.7 Å². The zero-order valence-corrected chi connectivity index (χ0v) is 7.68. The molecule has 0 aliphatic heterocycles. The number of isothiocyanates is 1. The summed E-state index contributed by atoms with van der Waals surface area (Å²) in [5.41, 5.74) is 5.65. The molecule has 0 aliphatic carbocycles. The first-order valence-electron chi connectivity index (χ1n) is 3.41. The van der Waals surface area contributed by atoms with E-state index in [-0.39, 0.29) is 11.5 Å². The van der Waals surface area contributed by atoms with Crippen LogP contribution in [0.5, 0.6) is 0 Å². The molecule has 2 heterocycles. The number of hydrogen-bond acceptors (Lipinski definition) is 6. The monoisotopic (exact) mass is 210 g/mol. The summed E-state index contributed by atoms with van der Waals surface area (Å²) in [5, 5.41) is 7.36. The zero-order valence-electron chi connectivity index (χ0n) is 6.87. The fourth-order valence-electron chi connectivity index (χ4n) is 0.860. The molecule has 0 radical (unpaired) electrons. The van der Waals surface area contributed by atoms with Gasteiger partial charge in [0.1, 0.15) is 0 Å². The molecule has 0 aliphatic rings. The fraction of sp³-hybridized carbons (Fsp3) is 0. The molecule has 0 fully saturated rings. The van der Waals surface area contributed by atoms with Crippen molar-refractivity contribution in [3.63, 3.8) is 0 Å². The van der Waals surface area contributed by atoms with Gasteiger partial charge in [-0.25, -0.2) is 10.4 Å². The van der Waals surface area contributed by atoms with Crippen molar-refractivity contribution in [2.75, 3.05) is 5.73 Å². The van der Waals surface area contributed by atoms with Crippen molar-refractivity contribution in [3.8, 4) is 0 Å². The van der Waals surface area contributed by atoms with Crippen LogP contribution in [-0.2, 0) is 0 Å². The number of rotatable bonds is 0. The summed E-state index contributed by atoms with van der Waals surface area (Å²) in [7, 11) is 0. The number of H-pyrrole nitrogens is 2. The number of hydrogen-bond donors (Lipinski definition) is 4. The lowest BCUT2D eigenvalue weighted by molar-refractivity contribution is 1.17. The first kappa shape index (κ1) is 10.0. The minimum absolute atomic E-state index is 0.0783. The molecule has 0 saturated carbocycles. The molecule has 72 valence electrons. The molecule has 14 heavy (non-hydrogen) atoms. The molecule has 0 aromatic carbocycles. The van der Waals surface area contributed by atoms with Gasteiger partial charge in [0.25, 0.3) is 5.56 Å².